The third kappa shape index (κ3) is 4.56. The van der Waals surface area contributed by atoms with Crippen molar-refractivity contribution in [2.24, 2.45) is 0 Å². The van der Waals surface area contributed by atoms with Gasteiger partial charge in [0.15, 0.2) is 0 Å². The molecule has 1 saturated carbocycles. The van der Waals surface area contributed by atoms with Gasteiger partial charge in [-0.15, -0.1) is 0 Å². The van der Waals surface area contributed by atoms with Crippen molar-refractivity contribution in [3.8, 4) is 0 Å². The second-order valence-corrected chi connectivity index (χ2v) is 8.66. The van der Waals surface area contributed by atoms with E-state index < -0.39 is 5.97 Å². The van der Waals surface area contributed by atoms with Gasteiger partial charge in [-0.2, -0.15) is 0 Å². The Morgan fingerprint density at radius 1 is 1.07 bits per heavy atom. The Morgan fingerprint density at radius 2 is 1.79 bits per heavy atom. The highest BCUT2D eigenvalue weighted by atomic mass is 16.4. The SMILES string of the molecule is CN1CCc2ccc(N3CCN([C@H]4CC[C@H](NCC(=O)O)CC4)C3=O)cc2CC1. The van der Waals surface area contributed by atoms with Gasteiger partial charge in [-0.3, -0.25) is 9.69 Å². The quantitative estimate of drug-likeness (QED) is 0.790. The van der Waals surface area contributed by atoms with Crippen LogP contribution >= 0.6 is 0 Å². The molecule has 2 fully saturated rings. The number of nitrogens with zero attached hydrogens (tertiary/aromatic N) is 3. The Hall–Kier alpha value is -2.12. The summed E-state index contributed by atoms with van der Waals surface area (Å²) in [7, 11) is 2.17. The van der Waals surface area contributed by atoms with Crippen LogP contribution in [-0.2, 0) is 17.6 Å². The van der Waals surface area contributed by atoms with E-state index in [0.717, 1.165) is 70.4 Å². The van der Waals surface area contributed by atoms with Gasteiger partial charge in [0, 0.05) is 44.0 Å². The fraction of sp³-hybridized carbons (Fsp3) is 0.636. The third-order valence-corrected chi connectivity index (χ3v) is 6.75. The summed E-state index contributed by atoms with van der Waals surface area (Å²) in [5.74, 6) is -0.815. The highest BCUT2D eigenvalue weighted by Crippen LogP contribution is 2.30. The van der Waals surface area contributed by atoms with Gasteiger partial charge in [0.1, 0.15) is 0 Å². The number of nitrogens with one attached hydrogen (secondary N) is 1. The van der Waals surface area contributed by atoms with Crippen LogP contribution < -0.4 is 10.2 Å². The van der Waals surface area contributed by atoms with E-state index in [1.165, 1.54) is 11.1 Å². The summed E-state index contributed by atoms with van der Waals surface area (Å²) in [6.07, 6.45) is 5.84. The van der Waals surface area contributed by atoms with E-state index in [4.69, 9.17) is 5.11 Å². The lowest BCUT2D eigenvalue weighted by Gasteiger charge is -2.34. The molecule has 1 aromatic rings. The maximum absolute atomic E-state index is 13.1. The van der Waals surface area contributed by atoms with E-state index in [9.17, 15) is 9.59 Å². The molecule has 0 atom stereocenters. The second-order valence-electron chi connectivity index (χ2n) is 8.66. The van der Waals surface area contributed by atoms with E-state index in [0.29, 0.717) is 0 Å². The van der Waals surface area contributed by atoms with Crippen molar-refractivity contribution in [3.05, 3.63) is 29.3 Å². The zero-order valence-corrected chi connectivity index (χ0v) is 17.3. The smallest absolute Gasteiger partial charge is 0.324 e. The van der Waals surface area contributed by atoms with Gasteiger partial charge in [-0.05, 0) is 68.8 Å². The third-order valence-electron chi connectivity index (χ3n) is 6.75. The molecule has 1 aromatic carbocycles. The molecule has 29 heavy (non-hydrogen) atoms. The molecular weight excluding hydrogens is 368 g/mol. The molecule has 0 spiro atoms. The molecule has 1 saturated heterocycles. The van der Waals surface area contributed by atoms with Crippen LogP contribution in [0.5, 0.6) is 0 Å². The van der Waals surface area contributed by atoms with Crippen molar-refractivity contribution in [1.82, 2.24) is 15.1 Å². The van der Waals surface area contributed by atoms with Gasteiger partial charge in [0.2, 0.25) is 0 Å². The first-order valence-corrected chi connectivity index (χ1v) is 10.8. The highest BCUT2D eigenvalue weighted by molar-refractivity contribution is 5.94. The number of hydrogen-bond donors (Lipinski definition) is 2. The number of anilines is 1. The summed E-state index contributed by atoms with van der Waals surface area (Å²) < 4.78 is 0. The van der Waals surface area contributed by atoms with Gasteiger partial charge >= 0.3 is 12.0 Å². The molecular formula is C22H32N4O3. The van der Waals surface area contributed by atoms with E-state index in [1.54, 1.807) is 0 Å². The number of carboxylic acid groups (broad SMARTS) is 1. The van der Waals surface area contributed by atoms with E-state index in [1.807, 2.05) is 9.80 Å². The standard InChI is InChI=1S/C22H32N4O3/c1-24-10-8-16-2-5-20(14-17(16)9-11-24)26-13-12-25(22(26)29)19-6-3-18(4-7-19)23-15-21(27)28/h2,5,14,18-19,23H,3-4,6-13,15H2,1H3,(H,27,28)/t18-,19-. The summed E-state index contributed by atoms with van der Waals surface area (Å²) in [6, 6.07) is 7.18. The monoisotopic (exact) mass is 400 g/mol. The number of carboxylic acids is 1. The Morgan fingerprint density at radius 3 is 2.52 bits per heavy atom. The molecule has 0 radical (unpaired) electrons. The van der Waals surface area contributed by atoms with Crippen LogP contribution in [0.25, 0.3) is 0 Å². The minimum Gasteiger partial charge on any atom is -0.480 e. The molecule has 0 aromatic heterocycles. The molecule has 1 aliphatic carbocycles. The maximum atomic E-state index is 13.1. The number of carbonyl (C=O) groups is 2. The molecule has 7 nitrogen and oxygen atoms in total. The van der Waals surface area contributed by atoms with Gasteiger partial charge in [-0.25, -0.2) is 4.79 Å². The number of hydrogen-bond acceptors (Lipinski definition) is 4. The lowest BCUT2D eigenvalue weighted by Crippen LogP contribution is -2.45. The van der Waals surface area contributed by atoms with Crippen molar-refractivity contribution in [3.63, 3.8) is 0 Å². The van der Waals surface area contributed by atoms with Crippen molar-refractivity contribution < 1.29 is 14.7 Å². The topological polar surface area (TPSA) is 76.1 Å². The predicted octanol–water partition coefficient (Wildman–Crippen LogP) is 1.94. The van der Waals surface area contributed by atoms with Crippen LogP contribution in [0.4, 0.5) is 10.5 Å². The number of urea groups is 1. The number of amides is 2. The molecule has 158 valence electrons. The van der Waals surface area contributed by atoms with Crippen LogP contribution in [0.1, 0.15) is 36.8 Å². The van der Waals surface area contributed by atoms with Crippen LogP contribution in [0, 0.1) is 0 Å². The lowest BCUT2D eigenvalue weighted by molar-refractivity contribution is -0.136. The van der Waals surface area contributed by atoms with E-state index in [2.05, 4.69) is 35.5 Å². The Labute approximate surface area is 172 Å². The Balaban J connectivity index is 1.37. The number of fused-ring (bicyclic) bond motifs is 1. The van der Waals surface area contributed by atoms with Crippen molar-refractivity contribution >= 4 is 17.7 Å². The fourth-order valence-corrected chi connectivity index (χ4v) is 4.95. The average Bonchev–Trinajstić information content (AvgIpc) is 3.00. The first kappa shape index (κ1) is 20.2. The number of rotatable bonds is 5. The summed E-state index contributed by atoms with van der Waals surface area (Å²) in [5.41, 5.74) is 3.81. The van der Waals surface area contributed by atoms with Crippen LogP contribution in [-0.4, -0.2) is 78.8 Å². The number of likely N-dealkylation sites (N-methyl/N-ethyl adjacent to an activating group) is 1. The molecule has 2 heterocycles. The molecule has 3 aliphatic rings. The summed E-state index contributed by atoms with van der Waals surface area (Å²) >= 11 is 0. The van der Waals surface area contributed by atoms with Crippen molar-refractivity contribution in [1.29, 1.82) is 0 Å². The molecule has 7 heteroatoms. The first-order valence-electron chi connectivity index (χ1n) is 10.8. The van der Waals surface area contributed by atoms with Crippen molar-refractivity contribution in [2.75, 3.05) is 44.7 Å². The number of carbonyl (C=O) groups excluding carboxylic acids is 1. The molecule has 2 amide bonds. The lowest BCUT2D eigenvalue weighted by atomic mass is 9.90. The Bertz CT molecular complexity index is 760. The van der Waals surface area contributed by atoms with Crippen molar-refractivity contribution in [2.45, 2.75) is 50.6 Å². The van der Waals surface area contributed by atoms with Crippen LogP contribution in [0.2, 0.25) is 0 Å². The minimum absolute atomic E-state index is 0.0138. The second kappa shape index (κ2) is 8.71. The molecule has 4 rings (SSSR count). The zero-order valence-electron chi connectivity index (χ0n) is 17.3. The number of benzene rings is 1. The van der Waals surface area contributed by atoms with Crippen LogP contribution in [0.15, 0.2) is 18.2 Å². The summed E-state index contributed by atoms with van der Waals surface area (Å²) in [6.45, 7) is 3.69. The van der Waals surface area contributed by atoms with Gasteiger partial charge in [-0.1, -0.05) is 6.07 Å². The minimum atomic E-state index is -0.815. The van der Waals surface area contributed by atoms with Gasteiger partial charge < -0.3 is 20.2 Å². The average molecular weight is 401 g/mol. The fourth-order valence-electron chi connectivity index (χ4n) is 4.95. The highest BCUT2D eigenvalue weighted by Gasteiger charge is 2.36. The van der Waals surface area contributed by atoms with Gasteiger partial charge in [0.05, 0.1) is 6.54 Å². The molecule has 2 aliphatic heterocycles. The summed E-state index contributed by atoms with van der Waals surface area (Å²) in [4.78, 5) is 30.2. The number of aliphatic carboxylic acids is 1. The van der Waals surface area contributed by atoms with E-state index in [-0.39, 0.29) is 24.7 Å². The largest absolute Gasteiger partial charge is 0.480 e. The van der Waals surface area contributed by atoms with E-state index >= 15 is 0 Å². The zero-order chi connectivity index (χ0) is 20.4. The predicted molar refractivity (Wildman–Crippen MR) is 112 cm³/mol. The molecule has 0 bridgehead atoms. The molecule has 2 N–H and O–H groups in total. The van der Waals surface area contributed by atoms with Crippen LogP contribution in [0.3, 0.4) is 0 Å². The van der Waals surface area contributed by atoms with Gasteiger partial charge in [0.25, 0.3) is 0 Å². The Kier molecular flexibility index (Phi) is 6.06. The maximum Gasteiger partial charge on any atom is 0.324 e. The molecule has 0 unspecified atom stereocenters. The normalized spacial score (nSPS) is 25.8. The summed E-state index contributed by atoms with van der Waals surface area (Å²) in [5, 5.41) is 11.9. The first-order chi connectivity index (χ1) is 14.0.